The fourth-order valence-electron chi connectivity index (χ4n) is 2.08. The van der Waals surface area contributed by atoms with Crippen molar-refractivity contribution in [3.05, 3.63) is 28.8 Å². The van der Waals surface area contributed by atoms with Gasteiger partial charge in [-0.05, 0) is 24.6 Å². The van der Waals surface area contributed by atoms with Gasteiger partial charge in [0.1, 0.15) is 0 Å². The minimum atomic E-state index is -0.461. The maximum Gasteiger partial charge on any atom is 0.0762 e. The Morgan fingerprint density at radius 3 is 2.88 bits per heavy atom. The van der Waals surface area contributed by atoms with E-state index in [2.05, 4.69) is 11.8 Å². The van der Waals surface area contributed by atoms with Crippen LogP contribution in [0.3, 0.4) is 0 Å². The molecule has 1 heterocycles. The van der Waals surface area contributed by atoms with Crippen LogP contribution in [-0.4, -0.2) is 29.2 Å². The van der Waals surface area contributed by atoms with E-state index in [1.54, 1.807) is 6.92 Å². The quantitative estimate of drug-likeness (QED) is 0.893. The Morgan fingerprint density at radius 1 is 1.53 bits per heavy atom. The molecule has 2 nitrogen and oxygen atoms in total. The highest BCUT2D eigenvalue weighted by Crippen LogP contribution is 2.31. The molecular weight excluding hydrogens is 254 g/mol. The van der Waals surface area contributed by atoms with Crippen LogP contribution in [0.25, 0.3) is 0 Å². The molecule has 2 atom stereocenters. The van der Waals surface area contributed by atoms with Crippen LogP contribution in [0, 0.1) is 0 Å². The SMILES string of the molecule is CC1CN(c2ccc([C@@H](C)O)cc2Cl)CCS1. The topological polar surface area (TPSA) is 23.5 Å². The molecule has 1 N–H and O–H groups in total. The molecule has 1 saturated heterocycles. The van der Waals surface area contributed by atoms with E-state index in [9.17, 15) is 5.11 Å². The molecule has 0 spiro atoms. The average molecular weight is 272 g/mol. The fraction of sp³-hybridized carbons (Fsp3) is 0.538. The Balaban J connectivity index is 2.21. The van der Waals surface area contributed by atoms with Crippen LogP contribution in [0.5, 0.6) is 0 Å². The third kappa shape index (κ3) is 3.09. The number of benzene rings is 1. The number of rotatable bonds is 2. The predicted molar refractivity (Wildman–Crippen MR) is 76.2 cm³/mol. The Kier molecular flexibility index (Phi) is 4.23. The minimum Gasteiger partial charge on any atom is -0.389 e. The lowest BCUT2D eigenvalue weighted by Gasteiger charge is -2.33. The number of aliphatic hydroxyl groups is 1. The predicted octanol–water partition coefficient (Wildman–Crippen LogP) is 3.34. The van der Waals surface area contributed by atoms with Gasteiger partial charge >= 0.3 is 0 Å². The van der Waals surface area contributed by atoms with Crippen molar-refractivity contribution in [2.75, 3.05) is 23.7 Å². The Hall–Kier alpha value is -0.380. The second-order valence-corrected chi connectivity index (χ2v) is 6.47. The summed E-state index contributed by atoms with van der Waals surface area (Å²) in [7, 11) is 0. The van der Waals surface area contributed by atoms with Crippen molar-refractivity contribution >= 4 is 29.1 Å². The molecule has 1 fully saturated rings. The van der Waals surface area contributed by atoms with E-state index < -0.39 is 6.10 Å². The van der Waals surface area contributed by atoms with E-state index in [4.69, 9.17) is 11.6 Å². The average Bonchev–Trinajstić information content (AvgIpc) is 2.28. The molecule has 0 saturated carbocycles. The van der Waals surface area contributed by atoms with Crippen molar-refractivity contribution in [1.29, 1.82) is 0 Å². The summed E-state index contributed by atoms with van der Waals surface area (Å²) in [5.74, 6) is 1.15. The van der Waals surface area contributed by atoms with Gasteiger partial charge in [-0.2, -0.15) is 11.8 Å². The van der Waals surface area contributed by atoms with Gasteiger partial charge in [-0.15, -0.1) is 0 Å². The van der Waals surface area contributed by atoms with Crippen LogP contribution >= 0.6 is 23.4 Å². The molecule has 1 aliphatic heterocycles. The fourth-order valence-corrected chi connectivity index (χ4v) is 3.40. The second-order valence-electron chi connectivity index (χ2n) is 4.51. The van der Waals surface area contributed by atoms with Crippen molar-refractivity contribution in [2.45, 2.75) is 25.2 Å². The number of halogens is 1. The molecule has 1 aromatic rings. The minimum absolute atomic E-state index is 0.461. The van der Waals surface area contributed by atoms with Crippen molar-refractivity contribution < 1.29 is 5.11 Å². The van der Waals surface area contributed by atoms with Crippen LogP contribution in [-0.2, 0) is 0 Å². The number of hydrogen-bond acceptors (Lipinski definition) is 3. The van der Waals surface area contributed by atoms with Crippen LogP contribution in [0.1, 0.15) is 25.5 Å². The second kappa shape index (κ2) is 5.51. The Morgan fingerprint density at radius 2 is 2.29 bits per heavy atom. The lowest BCUT2D eigenvalue weighted by Crippen LogP contribution is -2.36. The maximum absolute atomic E-state index is 9.52. The van der Waals surface area contributed by atoms with Gasteiger partial charge in [0.15, 0.2) is 0 Å². The first-order valence-electron chi connectivity index (χ1n) is 5.92. The van der Waals surface area contributed by atoms with E-state index in [-0.39, 0.29) is 0 Å². The van der Waals surface area contributed by atoms with Gasteiger partial charge in [-0.1, -0.05) is 24.6 Å². The highest BCUT2D eigenvalue weighted by Gasteiger charge is 2.19. The van der Waals surface area contributed by atoms with Gasteiger partial charge < -0.3 is 10.0 Å². The molecular formula is C13H18ClNOS. The van der Waals surface area contributed by atoms with Crippen molar-refractivity contribution in [2.24, 2.45) is 0 Å². The normalized spacial score (nSPS) is 22.6. The molecule has 1 unspecified atom stereocenters. The van der Waals surface area contributed by atoms with Gasteiger partial charge in [0.05, 0.1) is 16.8 Å². The molecule has 4 heteroatoms. The summed E-state index contributed by atoms with van der Waals surface area (Å²) in [5, 5.41) is 10.9. The van der Waals surface area contributed by atoms with E-state index in [1.807, 2.05) is 30.0 Å². The van der Waals surface area contributed by atoms with Gasteiger partial charge in [0, 0.05) is 24.1 Å². The lowest BCUT2D eigenvalue weighted by atomic mass is 10.1. The zero-order valence-corrected chi connectivity index (χ0v) is 11.8. The molecule has 17 heavy (non-hydrogen) atoms. The zero-order valence-electron chi connectivity index (χ0n) is 10.2. The van der Waals surface area contributed by atoms with Crippen molar-refractivity contribution in [3.8, 4) is 0 Å². The summed E-state index contributed by atoms with van der Waals surface area (Å²) in [5.41, 5.74) is 1.96. The maximum atomic E-state index is 9.52. The van der Waals surface area contributed by atoms with Gasteiger partial charge in [-0.25, -0.2) is 0 Å². The van der Waals surface area contributed by atoms with Crippen LogP contribution in [0.4, 0.5) is 5.69 Å². The van der Waals surface area contributed by atoms with Gasteiger partial charge in [-0.3, -0.25) is 0 Å². The van der Waals surface area contributed by atoms with Crippen molar-refractivity contribution in [1.82, 2.24) is 0 Å². The summed E-state index contributed by atoms with van der Waals surface area (Å²) in [6.45, 7) is 6.08. The molecule has 1 aromatic carbocycles. The number of anilines is 1. The molecule has 0 aliphatic carbocycles. The van der Waals surface area contributed by atoms with Gasteiger partial charge in [0.2, 0.25) is 0 Å². The van der Waals surface area contributed by atoms with Gasteiger partial charge in [0.25, 0.3) is 0 Å². The number of nitrogens with zero attached hydrogens (tertiary/aromatic N) is 1. The molecule has 0 radical (unpaired) electrons. The largest absolute Gasteiger partial charge is 0.389 e. The standard InChI is InChI=1S/C13H18ClNOS/c1-9-8-15(5-6-17-9)13-4-3-11(10(2)16)7-12(13)14/h3-4,7,9-10,16H,5-6,8H2,1-2H3/t9?,10-/m1/s1. The smallest absolute Gasteiger partial charge is 0.0762 e. The zero-order chi connectivity index (χ0) is 12.4. The van der Waals surface area contributed by atoms with Crippen molar-refractivity contribution in [3.63, 3.8) is 0 Å². The van der Waals surface area contributed by atoms with Crippen LogP contribution in [0.15, 0.2) is 18.2 Å². The first-order chi connectivity index (χ1) is 8.08. The molecule has 0 bridgehead atoms. The third-order valence-electron chi connectivity index (χ3n) is 3.04. The first-order valence-corrected chi connectivity index (χ1v) is 7.34. The number of thioether (sulfide) groups is 1. The molecule has 0 aromatic heterocycles. The highest BCUT2D eigenvalue weighted by molar-refractivity contribution is 8.00. The summed E-state index contributed by atoms with van der Waals surface area (Å²) >= 11 is 8.30. The summed E-state index contributed by atoms with van der Waals surface area (Å²) < 4.78 is 0. The van der Waals surface area contributed by atoms with E-state index >= 15 is 0 Å². The number of aliphatic hydroxyl groups excluding tert-OH is 1. The Labute approximate surface area is 112 Å². The van der Waals surface area contributed by atoms with Crippen LogP contribution < -0.4 is 4.90 Å². The summed E-state index contributed by atoms with van der Waals surface area (Å²) in [6.07, 6.45) is -0.461. The van der Waals surface area contributed by atoms with E-state index in [0.29, 0.717) is 5.25 Å². The molecule has 2 rings (SSSR count). The molecule has 0 amide bonds. The summed E-state index contributed by atoms with van der Waals surface area (Å²) in [4.78, 5) is 2.33. The van der Waals surface area contributed by atoms with E-state index in [1.165, 1.54) is 0 Å². The number of hydrogen-bond donors (Lipinski definition) is 1. The van der Waals surface area contributed by atoms with Crippen LogP contribution in [0.2, 0.25) is 5.02 Å². The lowest BCUT2D eigenvalue weighted by molar-refractivity contribution is 0.199. The highest BCUT2D eigenvalue weighted by atomic mass is 35.5. The summed E-state index contributed by atoms with van der Waals surface area (Å²) in [6, 6.07) is 5.85. The van der Waals surface area contributed by atoms with E-state index in [0.717, 1.165) is 35.1 Å². The third-order valence-corrected chi connectivity index (χ3v) is 4.48. The Bertz CT molecular complexity index is 397. The molecule has 1 aliphatic rings. The molecule has 94 valence electrons. The first kappa shape index (κ1) is 13.1. The monoisotopic (exact) mass is 271 g/mol.